The summed E-state index contributed by atoms with van der Waals surface area (Å²) in [5.41, 5.74) is 3.43. The monoisotopic (exact) mass is 272 g/mol. The average molecular weight is 272 g/mol. The minimum Gasteiger partial charge on any atom is -0.384 e. The fraction of sp³-hybridized carbons (Fsp3) is 0.294. The van der Waals surface area contributed by atoms with E-state index in [4.69, 9.17) is 0 Å². The van der Waals surface area contributed by atoms with Crippen molar-refractivity contribution in [2.24, 2.45) is 0 Å². The van der Waals surface area contributed by atoms with E-state index in [0.717, 1.165) is 25.2 Å². The smallest absolute Gasteiger partial charge is 0.123 e. The zero-order valence-electron chi connectivity index (χ0n) is 12.1. The lowest BCUT2D eigenvalue weighted by molar-refractivity contribution is 0.339. The van der Waals surface area contributed by atoms with Crippen molar-refractivity contribution in [1.29, 1.82) is 0 Å². The Morgan fingerprint density at radius 1 is 1.10 bits per heavy atom. The van der Waals surface area contributed by atoms with Crippen LogP contribution in [0.1, 0.15) is 11.1 Å². The minimum absolute atomic E-state index is 0.172. The highest BCUT2D eigenvalue weighted by Gasteiger charge is 2.02. The van der Waals surface area contributed by atoms with E-state index in [1.54, 1.807) is 12.1 Å². The molecule has 0 aliphatic heterocycles. The van der Waals surface area contributed by atoms with Gasteiger partial charge in [-0.1, -0.05) is 30.3 Å². The largest absolute Gasteiger partial charge is 0.384 e. The molecule has 0 heterocycles. The molecule has 0 aromatic heterocycles. The van der Waals surface area contributed by atoms with Gasteiger partial charge < -0.3 is 10.2 Å². The SMILES string of the molecule is Cc1ccccc1NCCN(C)Cc1cccc(F)c1. The Morgan fingerprint density at radius 2 is 1.90 bits per heavy atom. The number of benzene rings is 2. The predicted molar refractivity (Wildman–Crippen MR) is 82.4 cm³/mol. The van der Waals surface area contributed by atoms with Gasteiger partial charge in [-0.2, -0.15) is 0 Å². The molecule has 0 unspecified atom stereocenters. The first-order chi connectivity index (χ1) is 9.65. The fourth-order valence-corrected chi connectivity index (χ4v) is 2.18. The first kappa shape index (κ1) is 14.5. The van der Waals surface area contributed by atoms with Crippen molar-refractivity contribution in [3.05, 3.63) is 65.5 Å². The number of hydrogen-bond acceptors (Lipinski definition) is 2. The number of para-hydroxylation sites is 1. The van der Waals surface area contributed by atoms with Crippen molar-refractivity contribution in [2.45, 2.75) is 13.5 Å². The van der Waals surface area contributed by atoms with E-state index in [9.17, 15) is 4.39 Å². The topological polar surface area (TPSA) is 15.3 Å². The van der Waals surface area contributed by atoms with Crippen molar-refractivity contribution < 1.29 is 4.39 Å². The zero-order chi connectivity index (χ0) is 14.4. The van der Waals surface area contributed by atoms with Crippen LogP contribution in [0.25, 0.3) is 0 Å². The summed E-state index contributed by atoms with van der Waals surface area (Å²) in [6, 6.07) is 15.0. The Kier molecular flexibility index (Phi) is 5.13. The molecule has 2 aromatic carbocycles. The first-order valence-electron chi connectivity index (χ1n) is 6.87. The normalized spacial score (nSPS) is 10.8. The summed E-state index contributed by atoms with van der Waals surface area (Å²) in [5.74, 6) is -0.172. The number of rotatable bonds is 6. The molecule has 0 atom stereocenters. The Hall–Kier alpha value is -1.87. The highest BCUT2D eigenvalue weighted by atomic mass is 19.1. The number of nitrogens with zero attached hydrogens (tertiary/aromatic N) is 1. The first-order valence-corrected chi connectivity index (χ1v) is 6.87. The van der Waals surface area contributed by atoms with Crippen molar-refractivity contribution in [3.63, 3.8) is 0 Å². The van der Waals surface area contributed by atoms with E-state index in [1.165, 1.54) is 17.3 Å². The molecule has 1 N–H and O–H groups in total. The summed E-state index contributed by atoms with van der Waals surface area (Å²) in [5, 5.41) is 3.43. The predicted octanol–water partition coefficient (Wildman–Crippen LogP) is 3.68. The van der Waals surface area contributed by atoms with E-state index in [1.807, 2.05) is 25.2 Å². The van der Waals surface area contributed by atoms with Crippen LogP contribution < -0.4 is 5.32 Å². The molecule has 2 rings (SSSR count). The fourth-order valence-electron chi connectivity index (χ4n) is 2.18. The standard InChI is InChI=1S/C17H21FN2/c1-14-6-3-4-9-17(14)19-10-11-20(2)13-15-7-5-8-16(18)12-15/h3-9,12,19H,10-11,13H2,1-2H3. The second-order valence-corrected chi connectivity index (χ2v) is 5.11. The van der Waals surface area contributed by atoms with Crippen molar-refractivity contribution >= 4 is 5.69 Å². The van der Waals surface area contributed by atoms with Crippen molar-refractivity contribution in [2.75, 3.05) is 25.5 Å². The number of anilines is 1. The van der Waals surface area contributed by atoms with Gasteiger partial charge in [0.15, 0.2) is 0 Å². The summed E-state index contributed by atoms with van der Waals surface area (Å²) < 4.78 is 13.1. The van der Waals surface area contributed by atoms with Gasteiger partial charge in [0.2, 0.25) is 0 Å². The maximum absolute atomic E-state index is 13.1. The van der Waals surface area contributed by atoms with Crippen LogP contribution in [0.2, 0.25) is 0 Å². The second-order valence-electron chi connectivity index (χ2n) is 5.11. The summed E-state index contributed by atoms with van der Waals surface area (Å²) in [7, 11) is 2.05. The Morgan fingerprint density at radius 3 is 2.65 bits per heavy atom. The molecule has 2 nitrogen and oxygen atoms in total. The lowest BCUT2D eigenvalue weighted by Gasteiger charge is -2.18. The second kappa shape index (κ2) is 7.06. The van der Waals surface area contributed by atoms with Gasteiger partial charge in [-0.05, 0) is 43.3 Å². The van der Waals surface area contributed by atoms with Crippen LogP contribution in [0.5, 0.6) is 0 Å². The Bertz CT molecular complexity index is 554. The van der Waals surface area contributed by atoms with Crippen molar-refractivity contribution in [3.8, 4) is 0 Å². The lowest BCUT2D eigenvalue weighted by atomic mass is 10.2. The van der Waals surface area contributed by atoms with Crippen LogP contribution in [-0.4, -0.2) is 25.0 Å². The van der Waals surface area contributed by atoms with Crippen LogP contribution in [-0.2, 0) is 6.54 Å². The molecule has 0 aliphatic carbocycles. The molecule has 0 aliphatic rings. The third-order valence-corrected chi connectivity index (χ3v) is 3.30. The summed E-state index contributed by atoms with van der Waals surface area (Å²) in [6.45, 7) is 4.63. The maximum Gasteiger partial charge on any atom is 0.123 e. The van der Waals surface area contributed by atoms with Gasteiger partial charge in [-0.25, -0.2) is 4.39 Å². The summed E-state index contributed by atoms with van der Waals surface area (Å²) in [4.78, 5) is 2.18. The highest BCUT2D eigenvalue weighted by Crippen LogP contribution is 2.12. The number of hydrogen-bond donors (Lipinski definition) is 1. The van der Waals surface area contributed by atoms with Crippen molar-refractivity contribution in [1.82, 2.24) is 4.90 Å². The highest BCUT2D eigenvalue weighted by molar-refractivity contribution is 5.50. The van der Waals surface area contributed by atoms with Crippen LogP contribution in [0, 0.1) is 12.7 Å². The summed E-state index contributed by atoms with van der Waals surface area (Å²) in [6.07, 6.45) is 0. The molecule has 0 radical (unpaired) electrons. The molecule has 2 aromatic rings. The lowest BCUT2D eigenvalue weighted by Crippen LogP contribution is -2.25. The quantitative estimate of drug-likeness (QED) is 0.863. The van der Waals surface area contributed by atoms with E-state index in [2.05, 4.69) is 29.3 Å². The van der Waals surface area contributed by atoms with Crippen LogP contribution in [0.4, 0.5) is 10.1 Å². The molecule has 0 bridgehead atoms. The molecule has 20 heavy (non-hydrogen) atoms. The minimum atomic E-state index is -0.172. The van der Waals surface area contributed by atoms with Crippen LogP contribution >= 0.6 is 0 Å². The van der Waals surface area contributed by atoms with Gasteiger partial charge in [-0.15, -0.1) is 0 Å². The number of likely N-dealkylation sites (N-methyl/N-ethyl adjacent to an activating group) is 1. The molecule has 0 saturated heterocycles. The third-order valence-electron chi connectivity index (χ3n) is 3.30. The van der Waals surface area contributed by atoms with E-state index >= 15 is 0 Å². The third kappa shape index (κ3) is 4.35. The Balaban J connectivity index is 1.78. The van der Waals surface area contributed by atoms with Crippen LogP contribution in [0.3, 0.4) is 0 Å². The molecular weight excluding hydrogens is 251 g/mol. The van der Waals surface area contributed by atoms with Gasteiger partial charge in [0.05, 0.1) is 0 Å². The van der Waals surface area contributed by atoms with Gasteiger partial charge in [-0.3, -0.25) is 0 Å². The van der Waals surface area contributed by atoms with Crippen LogP contribution in [0.15, 0.2) is 48.5 Å². The summed E-state index contributed by atoms with van der Waals surface area (Å²) >= 11 is 0. The van der Waals surface area contributed by atoms with E-state index < -0.39 is 0 Å². The molecular formula is C17H21FN2. The molecule has 0 fully saturated rings. The molecule has 0 saturated carbocycles. The zero-order valence-corrected chi connectivity index (χ0v) is 12.1. The van der Waals surface area contributed by atoms with Gasteiger partial charge in [0.25, 0.3) is 0 Å². The maximum atomic E-state index is 13.1. The molecule has 106 valence electrons. The number of aryl methyl sites for hydroxylation is 1. The molecule has 0 spiro atoms. The van der Waals surface area contributed by atoms with Gasteiger partial charge in [0.1, 0.15) is 5.82 Å². The number of halogens is 1. The van der Waals surface area contributed by atoms with E-state index in [0.29, 0.717) is 0 Å². The molecule has 0 amide bonds. The molecule has 3 heteroatoms. The Labute approximate surface area is 120 Å². The average Bonchev–Trinajstić information content (AvgIpc) is 2.41. The van der Waals surface area contributed by atoms with Gasteiger partial charge in [0, 0.05) is 25.3 Å². The number of nitrogens with one attached hydrogen (secondary N) is 1. The van der Waals surface area contributed by atoms with Gasteiger partial charge >= 0.3 is 0 Å². The van der Waals surface area contributed by atoms with E-state index in [-0.39, 0.29) is 5.82 Å².